The van der Waals surface area contributed by atoms with E-state index in [2.05, 4.69) is 4.72 Å². The van der Waals surface area contributed by atoms with Gasteiger partial charge in [0.05, 0.1) is 6.07 Å². The van der Waals surface area contributed by atoms with Gasteiger partial charge in [-0.1, -0.05) is 13.0 Å². The molecule has 0 bridgehead atoms. The number of hydrogen-bond acceptors (Lipinski definition) is 4. The zero-order valence-electron chi connectivity index (χ0n) is 11.5. The SMILES string of the molecule is CCC(C#N)S(=O)(=O)NC1CCCc2cc(N)ccc21. The van der Waals surface area contributed by atoms with Crippen molar-refractivity contribution in [1.29, 1.82) is 5.26 Å². The van der Waals surface area contributed by atoms with Crippen LogP contribution in [-0.2, 0) is 16.4 Å². The number of nitrogen functional groups attached to an aromatic ring is 1. The summed E-state index contributed by atoms with van der Waals surface area (Å²) in [6.45, 7) is 1.70. The Hall–Kier alpha value is -1.58. The van der Waals surface area contributed by atoms with Crippen LogP contribution in [0.5, 0.6) is 0 Å². The molecule has 0 amide bonds. The first-order valence-corrected chi connectivity index (χ1v) is 8.31. The van der Waals surface area contributed by atoms with E-state index in [1.54, 1.807) is 13.0 Å². The second-order valence-electron chi connectivity index (χ2n) is 5.09. The summed E-state index contributed by atoms with van der Waals surface area (Å²) in [7, 11) is -3.62. The molecule has 2 atom stereocenters. The van der Waals surface area contributed by atoms with Crippen LogP contribution in [0.15, 0.2) is 18.2 Å². The first kappa shape index (κ1) is 14.8. The van der Waals surface area contributed by atoms with Gasteiger partial charge >= 0.3 is 0 Å². The summed E-state index contributed by atoms with van der Waals surface area (Å²) in [5.41, 5.74) is 8.52. The number of aryl methyl sites for hydroxylation is 1. The first-order valence-electron chi connectivity index (χ1n) is 6.77. The number of nitrogens with two attached hydrogens (primary N) is 1. The lowest BCUT2D eigenvalue weighted by Crippen LogP contribution is -2.37. The molecule has 20 heavy (non-hydrogen) atoms. The van der Waals surface area contributed by atoms with Crippen molar-refractivity contribution in [3.8, 4) is 6.07 Å². The molecular weight excluding hydrogens is 274 g/mol. The van der Waals surface area contributed by atoms with Crippen LogP contribution in [-0.4, -0.2) is 13.7 Å². The molecule has 1 aliphatic carbocycles. The topological polar surface area (TPSA) is 96.0 Å². The van der Waals surface area contributed by atoms with E-state index in [1.165, 1.54) is 0 Å². The summed E-state index contributed by atoms with van der Waals surface area (Å²) < 4.78 is 27.0. The summed E-state index contributed by atoms with van der Waals surface area (Å²) in [4.78, 5) is 0. The largest absolute Gasteiger partial charge is 0.399 e. The average molecular weight is 293 g/mol. The maximum absolute atomic E-state index is 12.2. The van der Waals surface area contributed by atoms with E-state index in [1.807, 2.05) is 18.2 Å². The molecule has 0 fully saturated rings. The molecule has 0 aromatic heterocycles. The maximum atomic E-state index is 12.2. The summed E-state index contributed by atoms with van der Waals surface area (Å²) in [6, 6.07) is 7.15. The Bertz CT molecular complexity index is 634. The second-order valence-corrected chi connectivity index (χ2v) is 6.99. The molecule has 108 valence electrons. The highest BCUT2D eigenvalue weighted by molar-refractivity contribution is 7.90. The van der Waals surface area contributed by atoms with Crippen LogP contribution in [0.2, 0.25) is 0 Å². The van der Waals surface area contributed by atoms with Crippen molar-refractivity contribution >= 4 is 15.7 Å². The van der Waals surface area contributed by atoms with Gasteiger partial charge in [-0.15, -0.1) is 0 Å². The number of benzene rings is 1. The van der Waals surface area contributed by atoms with Crippen molar-refractivity contribution in [2.24, 2.45) is 0 Å². The standard InChI is InChI=1S/C14H19N3O2S/c1-2-12(9-15)20(18,19)17-14-5-3-4-10-8-11(16)6-7-13(10)14/h6-8,12,14,17H,2-5,16H2,1H3. The maximum Gasteiger partial charge on any atom is 0.228 e. The monoisotopic (exact) mass is 293 g/mol. The normalized spacial score (nSPS) is 19.9. The lowest BCUT2D eigenvalue weighted by Gasteiger charge is -2.27. The molecule has 0 saturated heterocycles. The van der Waals surface area contributed by atoms with Gasteiger partial charge < -0.3 is 5.73 Å². The lowest BCUT2D eigenvalue weighted by molar-refractivity contribution is 0.503. The first-order chi connectivity index (χ1) is 9.47. The second kappa shape index (κ2) is 5.81. The van der Waals surface area contributed by atoms with Gasteiger partial charge in [-0.2, -0.15) is 5.26 Å². The van der Waals surface area contributed by atoms with Crippen LogP contribution < -0.4 is 10.5 Å². The fraction of sp³-hybridized carbons (Fsp3) is 0.500. The Labute approximate surface area is 119 Å². The van der Waals surface area contributed by atoms with Gasteiger partial charge in [0.25, 0.3) is 0 Å². The third-order valence-electron chi connectivity index (χ3n) is 3.68. The molecule has 2 rings (SSSR count). The number of sulfonamides is 1. The quantitative estimate of drug-likeness (QED) is 0.828. The number of hydrogen-bond donors (Lipinski definition) is 2. The minimum absolute atomic E-state index is 0.258. The van der Waals surface area contributed by atoms with Gasteiger partial charge in [0.1, 0.15) is 0 Å². The van der Waals surface area contributed by atoms with Crippen molar-refractivity contribution in [1.82, 2.24) is 4.72 Å². The number of nitriles is 1. The number of fused-ring (bicyclic) bond motifs is 1. The molecule has 1 aromatic rings. The van der Waals surface area contributed by atoms with Crippen LogP contribution >= 0.6 is 0 Å². The van der Waals surface area contributed by atoms with Crippen LogP contribution in [0.3, 0.4) is 0 Å². The van der Waals surface area contributed by atoms with Gasteiger partial charge in [-0.25, -0.2) is 13.1 Å². The van der Waals surface area contributed by atoms with Gasteiger partial charge in [-0.05, 0) is 48.9 Å². The summed E-state index contributed by atoms with van der Waals surface area (Å²) in [6.07, 6.45) is 2.85. The van der Waals surface area contributed by atoms with Crippen molar-refractivity contribution < 1.29 is 8.42 Å². The molecule has 0 spiro atoms. The number of anilines is 1. The molecule has 6 heteroatoms. The van der Waals surface area contributed by atoms with E-state index in [0.717, 1.165) is 30.4 Å². The van der Waals surface area contributed by atoms with Crippen molar-refractivity contribution in [2.75, 3.05) is 5.73 Å². The third-order valence-corrected chi connectivity index (χ3v) is 5.48. The van der Waals surface area contributed by atoms with E-state index in [9.17, 15) is 8.42 Å². The molecule has 0 aliphatic heterocycles. The molecular formula is C14H19N3O2S. The van der Waals surface area contributed by atoms with Crippen LogP contribution in [0, 0.1) is 11.3 Å². The Morgan fingerprint density at radius 2 is 2.30 bits per heavy atom. The Morgan fingerprint density at radius 1 is 1.55 bits per heavy atom. The highest BCUT2D eigenvalue weighted by atomic mass is 32.2. The molecule has 1 aliphatic rings. The Balaban J connectivity index is 2.27. The smallest absolute Gasteiger partial charge is 0.228 e. The van der Waals surface area contributed by atoms with Gasteiger partial charge in [-0.3, -0.25) is 0 Å². The van der Waals surface area contributed by atoms with Crippen LogP contribution in [0.4, 0.5) is 5.69 Å². The number of rotatable bonds is 4. The molecule has 0 heterocycles. The van der Waals surface area contributed by atoms with Gasteiger partial charge in [0, 0.05) is 11.7 Å². The minimum Gasteiger partial charge on any atom is -0.399 e. The predicted octanol–water partition coefficient (Wildman–Crippen LogP) is 1.87. The predicted molar refractivity (Wildman–Crippen MR) is 78.3 cm³/mol. The summed E-state index contributed by atoms with van der Waals surface area (Å²) in [5, 5.41) is 7.94. The zero-order chi connectivity index (χ0) is 14.8. The number of nitrogens with one attached hydrogen (secondary N) is 1. The lowest BCUT2D eigenvalue weighted by atomic mass is 9.88. The van der Waals surface area contributed by atoms with Crippen molar-refractivity contribution in [3.63, 3.8) is 0 Å². The molecule has 0 saturated carbocycles. The highest BCUT2D eigenvalue weighted by Crippen LogP contribution is 2.31. The average Bonchev–Trinajstić information content (AvgIpc) is 2.39. The Morgan fingerprint density at radius 3 is 2.95 bits per heavy atom. The van der Waals surface area contributed by atoms with Crippen LogP contribution in [0.25, 0.3) is 0 Å². The van der Waals surface area contributed by atoms with E-state index < -0.39 is 15.3 Å². The fourth-order valence-electron chi connectivity index (χ4n) is 2.62. The van der Waals surface area contributed by atoms with Gasteiger partial charge in [0.2, 0.25) is 10.0 Å². The van der Waals surface area contributed by atoms with Crippen LogP contribution in [0.1, 0.15) is 43.4 Å². The zero-order valence-corrected chi connectivity index (χ0v) is 12.3. The van der Waals surface area contributed by atoms with E-state index in [-0.39, 0.29) is 12.5 Å². The molecule has 2 unspecified atom stereocenters. The van der Waals surface area contributed by atoms with E-state index >= 15 is 0 Å². The summed E-state index contributed by atoms with van der Waals surface area (Å²) >= 11 is 0. The number of nitrogens with zero attached hydrogens (tertiary/aromatic N) is 1. The van der Waals surface area contributed by atoms with Crippen molar-refractivity contribution in [3.05, 3.63) is 29.3 Å². The van der Waals surface area contributed by atoms with E-state index in [4.69, 9.17) is 11.0 Å². The third kappa shape index (κ3) is 2.94. The summed E-state index contributed by atoms with van der Waals surface area (Å²) in [5.74, 6) is 0. The molecule has 3 N–H and O–H groups in total. The highest BCUT2D eigenvalue weighted by Gasteiger charge is 2.29. The fourth-order valence-corrected chi connectivity index (χ4v) is 4.00. The Kier molecular flexibility index (Phi) is 4.31. The minimum atomic E-state index is -3.62. The van der Waals surface area contributed by atoms with Crippen molar-refractivity contribution in [2.45, 2.75) is 43.9 Å². The molecule has 5 nitrogen and oxygen atoms in total. The van der Waals surface area contributed by atoms with E-state index in [0.29, 0.717) is 5.69 Å². The molecule has 0 radical (unpaired) electrons. The van der Waals surface area contributed by atoms with Gasteiger partial charge in [0.15, 0.2) is 5.25 Å². The molecule has 1 aromatic carbocycles.